The van der Waals surface area contributed by atoms with Gasteiger partial charge in [-0.3, -0.25) is 0 Å². The molecule has 5 aromatic heterocycles. The topological polar surface area (TPSA) is 41.3 Å². The number of ether oxygens (including phenoxy) is 1. The summed E-state index contributed by atoms with van der Waals surface area (Å²) in [7, 11) is 2.12. The van der Waals surface area contributed by atoms with Crippen LogP contribution < -0.4 is 4.74 Å². The summed E-state index contributed by atoms with van der Waals surface area (Å²) in [4.78, 5) is 4.94. The van der Waals surface area contributed by atoms with Gasteiger partial charge in [0.15, 0.2) is 0 Å². The van der Waals surface area contributed by atoms with E-state index >= 15 is 0 Å². The molecule has 254 valence electrons. The van der Waals surface area contributed by atoms with E-state index in [9.17, 15) is 0 Å². The van der Waals surface area contributed by atoms with Gasteiger partial charge in [-0.2, -0.15) is 0 Å². The molecular formula is C45H33N5OPt. The normalized spacial score (nSPS) is 13.4. The molecule has 52 heavy (non-hydrogen) atoms. The molecule has 7 heteroatoms. The quantitative estimate of drug-likeness (QED) is 0.177. The van der Waals surface area contributed by atoms with E-state index in [2.05, 4.69) is 174 Å². The van der Waals surface area contributed by atoms with Gasteiger partial charge in [-0.15, -0.1) is 0 Å². The molecule has 1 aliphatic rings. The van der Waals surface area contributed by atoms with E-state index in [0.29, 0.717) is 0 Å². The molecule has 5 heterocycles. The van der Waals surface area contributed by atoms with Gasteiger partial charge in [0.2, 0.25) is 0 Å². The minimum absolute atomic E-state index is 0.813. The van der Waals surface area contributed by atoms with Gasteiger partial charge >= 0.3 is 202 Å². The Bertz CT molecular complexity index is 3230. The van der Waals surface area contributed by atoms with Crippen molar-refractivity contribution in [1.29, 1.82) is 0 Å². The molecule has 0 bridgehead atoms. The fourth-order valence-electron chi connectivity index (χ4n) is 8.64. The zero-order valence-corrected chi connectivity index (χ0v) is 31.2. The first kappa shape index (κ1) is 30.0. The standard InChI is InChI=1S/C45H33N5O.Pt/c1-27-19-20-46-44(21-27)49-40-23-30(51-43-22-29(16-15-28(43)2)48-26-47(3)38-13-6-7-14-39(38)48)17-18-32(40)35-24-36-34-11-8-10-33-31-9-4-5-12-37(31)50(45(33)34)42(36)25-41(35)49;/h4-16,19-25H,17-18H2,1-3H3;. The predicted octanol–water partition coefficient (Wildman–Crippen LogP) is 10.5. The SMILES string of the molecule is Cc1ccnc(-n2c3c(c4cc5c6cccc7c8ccccc8n(c5cc42)c76)CCC(Oc2cc(-n4[c](=[Pt])n(C)c5ccccc54)ccc2C)=C3)c1. The Labute approximate surface area is 310 Å². The van der Waals surface area contributed by atoms with Crippen LogP contribution in [0.15, 0.2) is 121 Å². The molecule has 0 radical (unpaired) electrons. The molecule has 0 atom stereocenters. The monoisotopic (exact) mass is 854 g/mol. The fraction of sp³-hybridized carbons (Fsp3) is 0.111. The first-order valence-electron chi connectivity index (χ1n) is 17.7. The van der Waals surface area contributed by atoms with Crippen LogP contribution in [0.5, 0.6) is 5.75 Å². The number of aromatic nitrogens is 5. The molecule has 5 aromatic carbocycles. The van der Waals surface area contributed by atoms with Gasteiger partial charge in [0.05, 0.1) is 16.6 Å². The van der Waals surface area contributed by atoms with Crippen molar-refractivity contribution in [2.45, 2.75) is 26.7 Å². The zero-order chi connectivity index (χ0) is 34.8. The summed E-state index contributed by atoms with van der Waals surface area (Å²) in [6, 6.07) is 39.7. The van der Waals surface area contributed by atoms with Crippen molar-refractivity contribution >= 4 is 66.1 Å². The number of para-hydroxylation sites is 4. The minimum atomic E-state index is 0.813. The number of aryl methyl sites for hydroxylation is 4. The van der Waals surface area contributed by atoms with E-state index < -0.39 is 0 Å². The van der Waals surface area contributed by atoms with Gasteiger partial charge in [0.25, 0.3) is 0 Å². The Hall–Kier alpha value is -5.71. The molecule has 0 unspecified atom stereocenters. The average Bonchev–Trinajstić information content (AvgIpc) is 3.86. The number of rotatable bonds is 4. The van der Waals surface area contributed by atoms with Crippen molar-refractivity contribution in [1.82, 2.24) is 23.1 Å². The van der Waals surface area contributed by atoms with Crippen molar-refractivity contribution < 1.29 is 24.1 Å². The van der Waals surface area contributed by atoms with Crippen molar-refractivity contribution in [2.24, 2.45) is 7.05 Å². The predicted molar refractivity (Wildman–Crippen MR) is 208 cm³/mol. The third-order valence-corrected chi connectivity index (χ3v) is 12.4. The average molecular weight is 855 g/mol. The molecule has 0 saturated carbocycles. The van der Waals surface area contributed by atoms with E-state index in [-0.39, 0.29) is 0 Å². The van der Waals surface area contributed by atoms with E-state index in [1.165, 1.54) is 71.2 Å². The number of fused-ring (bicyclic) bond motifs is 10. The van der Waals surface area contributed by atoms with Crippen molar-refractivity contribution in [3.63, 3.8) is 0 Å². The van der Waals surface area contributed by atoms with Crippen LogP contribution in [0, 0.1) is 17.7 Å². The molecule has 0 amide bonds. The molecule has 0 N–H and O–H groups in total. The maximum atomic E-state index is 6.88. The van der Waals surface area contributed by atoms with Crippen LogP contribution in [-0.4, -0.2) is 23.1 Å². The molecule has 0 fully saturated rings. The molecule has 11 rings (SSSR count). The van der Waals surface area contributed by atoms with Gasteiger partial charge in [0.1, 0.15) is 0 Å². The molecule has 0 aliphatic heterocycles. The maximum absolute atomic E-state index is 6.88. The van der Waals surface area contributed by atoms with E-state index in [4.69, 9.17) is 9.72 Å². The number of hydrogen-bond donors (Lipinski definition) is 0. The van der Waals surface area contributed by atoms with Crippen molar-refractivity contribution in [2.75, 3.05) is 0 Å². The number of allylic oxidation sites excluding steroid dienone is 1. The zero-order valence-electron chi connectivity index (χ0n) is 28.9. The van der Waals surface area contributed by atoms with Gasteiger partial charge < -0.3 is 4.40 Å². The molecular weight excluding hydrogens is 822 g/mol. The Morgan fingerprint density at radius 1 is 0.654 bits per heavy atom. The van der Waals surface area contributed by atoms with Crippen molar-refractivity contribution in [3.8, 4) is 17.3 Å². The van der Waals surface area contributed by atoms with Gasteiger partial charge in [-0.25, -0.2) is 0 Å². The Morgan fingerprint density at radius 2 is 1.42 bits per heavy atom. The van der Waals surface area contributed by atoms with Crippen LogP contribution >= 0.6 is 0 Å². The van der Waals surface area contributed by atoms with E-state index in [1.807, 2.05) is 6.20 Å². The number of benzene rings is 5. The number of pyridine rings is 1. The number of imidazole rings is 1. The summed E-state index contributed by atoms with van der Waals surface area (Å²) in [5.74, 6) is 2.75. The van der Waals surface area contributed by atoms with E-state index in [0.717, 1.165) is 50.9 Å². The summed E-state index contributed by atoms with van der Waals surface area (Å²) in [6.45, 7) is 4.26. The summed E-state index contributed by atoms with van der Waals surface area (Å²) < 4.78 is 17.4. The van der Waals surface area contributed by atoms with Crippen LogP contribution in [-0.2, 0) is 32.8 Å². The second-order valence-corrected chi connectivity index (χ2v) is 15.1. The first-order valence-corrected chi connectivity index (χ1v) is 18.9. The van der Waals surface area contributed by atoms with Crippen LogP contribution in [0.25, 0.3) is 77.6 Å². The molecule has 0 saturated heterocycles. The van der Waals surface area contributed by atoms with Crippen LogP contribution in [0.1, 0.15) is 28.8 Å². The number of nitrogens with zero attached hydrogens (tertiary/aromatic N) is 5. The van der Waals surface area contributed by atoms with Gasteiger partial charge in [-0.1, -0.05) is 36.4 Å². The van der Waals surface area contributed by atoms with Crippen LogP contribution in [0.2, 0.25) is 0 Å². The van der Waals surface area contributed by atoms with Gasteiger partial charge in [0, 0.05) is 27.7 Å². The van der Waals surface area contributed by atoms with Crippen LogP contribution in [0.3, 0.4) is 0 Å². The fourth-order valence-corrected chi connectivity index (χ4v) is 9.48. The summed E-state index contributed by atoms with van der Waals surface area (Å²) in [5.41, 5.74) is 13.1. The summed E-state index contributed by atoms with van der Waals surface area (Å²) in [6.07, 6.45) is 5.86. The third-order valence-electron chi connectivity index (χ3n) is 11.1. The Kier molecular flexibility index (Phi) is 6.28. The molecule has 10 aromatic rings. The summed E-state index contributed by atoms with van der Waals surface area (Å²) in [5, 5.41) is 6.45. The second kappa shape index (κ2) is 10.9. The van der Waals surface area contributed by atoms with E-state index in [1.54, 1.807) is 0 Å². The van der Waals surface area contributed by atoms with Crippen LogP contribution in [0.4, 0.5) is 0 Å². The number of hydrogen-bond acceptors (Lipinski definition) is 2. The molecule has 6 nitrogen and oxygen atoms in total. The first-order chi connectivity index (χ1) is 25.4. The van der Waals surface area contributed by atoms with Crippen molar-refractivity contribution in [3.05, 3.63) is 147 Å². The molecule has 0 spiro atoms. The van der Waals surface area contributed by atoms with Gasteiger partial charge in [-0.05, 0) is 24.6 Å². The second-order valence-electron chi connectivity index (χ2n) is 14.1. The Balaban J connectivity index is 1.11. The summed E-state index contributed by atoms with van der Waals surface area (Å²) >= 11 is 2.42. The third kappa shape index (κ3) is 4.10. The molecule has 1 aliphatic carbocycles. The Morgan fingerprint density at radius 3 is 2.27 bits per heavy atom.